The van der Waals surface area contributed by atoms with Gasteiger partial charge >= 0.3 is 0 Å². The normalized spacial score (nSPS) is 29.4. The van der Waals surface area contributed by atoms with Crippen LogP contribution in [-0.4, -0.2) is 49.9 Å². The van der Waals surface area contributed by atoms with Crippen LogP contribution in [0.3, 0.4) is 0 Å². The Morgan fingerprint density at radius 1 is 1.00 bits per heavy atom. The molecule has 2 aliphatic carbocycles. The van der Waals surface area contributed by atoms with Crippen molar-refractivity contribution in [2.45, 2.75) is 57.8 Å². The van der Waals surface area contributed by atoms with Crippen LogP contribution in [0.5, 0.6) is 0 Å². The van der Waals surface area contributed by atoms with Crippen LogP contribution in [0.1, 0.15) is 68.1 Å². The average Bonchev–Trinajstić information content (AvgIpc) is 2.82. The lowest BCUT2D eigenvalue weighted by Gasteiger charge is -2.44. The molecule has 1 unspecified atom stereocenters. The predicted octanol–water partition coefficient (Wildman–Crippen LogP) is 4.69. The second kappa shape index (κ2) is 11.8. The van der Waals surface area contributed by atoms with E-state index in [1.54, 1.807) is 19.2 Å². The maximum absolute atomic E-state index is 13.1. The largest absolute Gasteiger partial charge is 0.384 e. The molecule has 6 heteroatoms. The Bertz CT molecular complexity index is 807. The first-order valence-electron chi connectivity index (χ1n) is 13.2. The number of nitrogens with zero attached hydrogens (tertiary/aromatic N) is 1. The SMILES string of the molecule is COCC1CC(C(C(N)=O)C2CCC(CCN3CCC(C(=O)c4ccc(F)cc4)CC3)CC2)C1. The van der Waals surface area contributed by atoms with Crippen LogP contribution in [-0.2, 0) is 9.53 Å². The highest BCUT2D eigenvalue weighted by molar-refractivity contribution is 5.97. The zero-order valence-corrected chi connectivity index (χ0v) is 20.6. The number of ether oxygens (including phenoxy) is 1. The second-order valence-corrected chi connectivity index (χ2v) is 11.0. The number of carbonyl (C=O) groups excluding carboxylic acids is 2. The number of hydrogen-bond acceptors (Lipinski definition) is 4. The molecule has 1 saturated heterocycles. The number of halogens is 1. The number of piperidine rings is 1. The topological polar surface area (TPSA) is 72.6 Å². The average molecular weight is 473 g/mol. The van der Waals surface area contributed by atoms with Gasteiger partial charge in [0.2, 0.25) is 5.91 Å². The van der Waals surface area contributed by atoms with Crippen molar-refractivity contribution in [3.8, 4) is 0 Å². The maximum atomic E-state index is 13.1. The molecule has 1 heterocycles. The van der Waals surface area contributed by atoms with Crippen LogP contribution in [0.15, 0.2) is 24.3 Å². The Hall–Kier alpha value is -1.79. The molecule has 0 bridgehead atoms. The number of methoxy groups -OCH3 is 1. The zero-order chi connectivity index (χ0) is 24.1. The lowest BCUT2D eigenvalue weighted by molar-refractivity contribution is -0.129. The van der Waals surface area contributed by atoms with Gasteiger partial charge in [-0.15, -0.1) is 0 Å². The van der Waals surface area contributed by atoms with Crippen molar-refractivity contribution >= 4 is 11.7 Å². The summed E-state index contributed by atoms with van der Waals surface area (Å²) in [5, 5.41) is 0. The third-order valence-corrected chi connectivity index (χ3v) is 8.85. The lowest BCUT2D eigenvalue weighted by atomic mass is 9.62. The van der Waals surface area contributed by atoms with Gasteiger partial charge < -0.3 is 15.4 Å². The Balaban J connectivity index is 1.15. The summed E-state index contributed by atoms with van der Waals surface area (Å²) in [4.78, 5) is 27.4. The molecular formula is C28H41FN2O3. The lowest BCUT2D eigenvalue weighted by Crippen LogP contribution is -2.44. The van der Waals surface area contributed by atoms with Gasteiger partial charge in [-0.25, -0.2) is 4.39 Å². The van der Waals surface area contributed by atoms with Crippen molar-refractivity contribution in [2.75, 3.05) is 33.4 Å². The zero-order valence-electron chi connectivity index (χ0n) is 20.6. The van der Waals surface area contributed by atoms with Gasteiger partial charge in [-0.05, 0) is 113 Å². The summed E-state index contributed by atoms with van der Waals surface area (Å²) in [6, 6.07) is 5.94. The van der Waals surface area contributed by atoms with E-state index in [0.29, 0.717) is 23.3 Å². The first-order chi connectivity index (χ1) is 16.4. The summed E-state index contributed by atoms with van der Waals surface area (Å²) in [6.07, 6.45) is 9.77. The minimum atomic E-state index is -0.302. The van der Waals surface area contributed by atoms with Crippen LogP contribution < -0.4 is 5.73 Å². The second-order valence-electron chi connectivity index (χ2n) is 11.0. The molecule has 2 N–H and O–H groups in total. The van der Waals surface area contributed by atoms with E-state index in [1.807, 2.05) is 0 Å². The van der Waals surface area contributed by atoms with E-state index in [4.69, 9.17) is 10.5 Å². The molecule has 1 aromatic carbocycles. The fraction of sp³-hybridized carbons (Fsp3) is 0.714. The minimum Gasteiger partial charge on any atom is -0.384 e. The highest BCUT2D eigenvalue weighted by atomic mass is 19.1. The molecule has 0 radical (unpaired) electrons. The van der Waals surface area contributed by atoms with Crippen LogP contribution in [0.25, 0.3) is 0 Å². The summed E-state index contributed by atoms with van der Waals surface area (Å²) in [6.45, 7) is 3.81. The maximum Gasteiger partial charge on any atom is 0.221 e. The summed E-state index contributed by atoms with van der Waals surface area (Å²) in [5.41, 5.74) is 6.47. The van der Waals surface area contributed by atoms with E-state index >= 15 is 0 Å². The molecule has 1 aromatic rings. The number of benzene rings is 1. The van der Waals surface area contributed by atoms with Crippen molar-refractivity contribution in [1.82, 2.24) is 4.90 Å². The Morgan fingerprint density at radius 3 is 2.24 bits per heavy atom. The standard InChI is InChI=1S/C28H41FN2O3/c1-34-18-20-16-24(17-20)26(28(30)33)21-4-2-19(3-5-21)10-13-31-14-11-23(12-15-31)27(32)22-6-8-25(29)9-7-22/h6-9,19-21,23-24,26H,2-5,10-18H2,1H3,(H2,30,33). The summed E-state index contributed by atoms with van der Waals surface area (Å²) in [5.74, 6) is 2.10. The Kier molecular flexibility index (Phi) is 8.75. The van der Waals surface area contributed by atoms with Gasteiger partial charge in [0.25, 0.3) is 0 Å². The fourth-order valence-electron chi connectivity index (χ4n) is 6.77. The summed E-state index contributed by atoms with van der Waals surface area (Å²) in [7, 11) is 1.75. The molecule has 1 atom stereocenters. The first-order valence-corrected chi connectivity index (χ1v) is 13.2. The number of likely N-dealkylation sites (tertiary alicyclic amines) is 1. The van der Waals surface area contributed by atoms with Crippen LogP contribution in [0.2, 0.25) is 0 Å². The van der Waals surface area contributed by atoms with Gasteiger partial charge in [-0.1, -0.05) is 12.8 Å². The van der Waals surface area contributed by atoms with E-state index in [-0.39, 0.29) is 29.3 Å². The van der Waals surface area contributed by atoms with E-state index in [9.17, 15) is 14.0 Å². The molecule has 34 heavy (non-hydrogen) atoms. The molecule has 1 amide bonds. The highest BCUT2D eigenvalue weighted by Crippen LogP contribution is 2.46. The number of hydrogen-bond donors (Lipinski definition) is 1. The smallest absolute Gasteiger partial charge is 0.221 e. The molecular weight excluding hydrogens is 431 g/mol. The molecule has 0 spiro atoms. The van der Waals surface area contributed by atoms with Crippen molar-refractivity contribution in [3.63, 3.8) is 0 Å². The quantitative estimate of drug-likeness (QED) is 0.502. The molecule has 5 nitrogen and oxygen atoms in total. The van der Waals surface area contributed by atoms with Gasteiger partial charge in [0.1, 0.15) is 5.82 Å². The molecule has 0 aromatic heterocycles. The molecule has 2 saturated carbocycles. The van der Waals surface area contributed by atoms with Crippen molar-refractivity contribution < 1.29 is 18.7 Å². The number of carbonyl (C=O) groups is 2. The number of nitrogens with two attached hydrogens (primary N) is 1. The van der Waals surface area contributed by atoms with Crippen LogP contribution in [0.4, 0.5) is 4.39 Å². The number of Topliss-reactive ketones (excluding diaryl/α,β-unsaturated/α-hetero) is 1. The van der Waals surface area contributed by atoms with Gasteiger partial charge in [-0.2, -0.15) is 0 Å². The predicted molar refractivity (Wildman–Crippen MR) is 131 cm³/mol. The van der Waals surface area contributed by atoms with Crippen LogP contribution >= 0.6 is 0 Å². The fourth-order valence-corrected chi connectivity index (χ4v) is 6.77. The van der Waals surface area contributed by atoms with E-state index in [2.05, 4.69) is 4.90 Å². The van der Waals surface area contributed by atoms with Gasteiger partial charge in [0.15, 0.2) is 5.78 Å². The number of ketones is 1. The van der Waals surface area contributed by atoms with Gasteiger partial charge in [-0.3, -0.25) is 9.59 Å². The van der Waals surface area contributed by atoms with Gasteiger partial charge in [0, 0.05) is 31.1 Å². The number of amides is 1. The van der Waals surface area contributed by atoms with Crippen molar-refractivity contribution in [2.24, 2.45) is 41.2 Å². The monoisotopic (exact) mass is 472 g/mol. The van der Waals surface area contributed by atoms with Gasteiger partial charge in [0.05, 0.1) is 0 Å². The Labute approximate surface area is 203 Å². The Morgan fingerprint density at radius 2 is 1.65 bits per heavy atom. The molecule has 188 valence electrons. The molecule has 3 aliphatic rings. The number of rotatable bonds is 10. The first kappa shape index (κ1) is 25.3. The van der Waals surface area contributed by atoms with Crippen molar-refractivity contribution in [1.29, 1.82) is 0 Å². The highest BCUT2D eigenvalue weighted by Gasteiger charge is 2.42. The third kappa shape index (κ3) is 6.25. The molecule has 1 aliphatic heterocycles. The van der Waals surface area contributed by atoms with E-state index < -0.39 is 0 Å². The molecule has 3 fully saturated rings. The van der Waals surface area contributed by atoms with Crippen molar-refractivity contribution in [3.05, 3.63) is 35.6 Å². The minimum absolute atomic E-state index is 0.0479. The van der Waals surface area contributed by atoms with E-state index in [1.165, 1.54) is 31.4 Å². The van der Waals surface area contributed by atoms with E-state index in [0.717, 1.165) is 70.7 Å². The van der Waals surface area contributed by atoms with Crippen LogP contribution in [0, 0.1) is 41.3 Å². The summed E-state index contributed by atoms with van der Waals surface area (Å²) >= 11 is 0. The third-order valence-electron chi connectivity index (χ3n) is 8.85. The molecule has 4 rings (SSSR count). The summed E-state index contributed by atoms with van der Waals surface area (Å²) < 4.78 is 18.4. The number of primary amides is 1.